The van der Waals surface area contributed by atoms with Crippen molar-refractivity contribution < 1.29 is 9.90 Å². The van der Waals surface area contributed by atoms with Crippen molar-refractivity contribution in [3.8, 4) is 0 Å². The predicted octanol–water partition coefficient (Wildman–Crippen LogP) is 4.09. The van der Waals surface area contributed by atoms with Crippen LogP contribution in [-0.4, -0.2) is 35.2 Å². The molecule has 4 heteroatoms. The summed E-state index contributed by atoms with van der Waals surface area (Å²) < 4.78 is 0. The highest BCUT2D eigenvalue weighted by Crippen LogP contribution is 2.32. The van der Waals surface area contributed by atoms with E-state index in [4.69, 9.17) is 0 Å². The molecule has 148 valence electrons. The van der Waals surface area contributed by atoms with Crippen LogP contribution in [0.25, 0.3) is 0 Å². The largest absolute Gasteiger partial charge is 0.378 e. The molecule has 0 bridgehead atoms. The monoisotopic (exact) mass is 378 g/mol. The van der Waals surface area contributed by atoms with E-state index in [0.29, 0.717) is 6.42 Å². The average molecular weight is 379 g/mol. The zero-order valence-electron chi connectivity index (χ0n) is 16.4. The van der Waals surface area contributed by atoms with Crippen molar-refractivity contribution >= 4 is 11.6 Å². The Kier molecular flexibility index (Phi) is 6.08. The van der Waals surface area contributed by atoms with E-state index in [1.165, 1.54) is 17.5 Å². The lowest BCUT2D eigenvalue weighted by Crippen LogP contribution is -2.43. The van der Waals surface area contributed by atoms with Crippen LogP contribution < -0.4 is 5.32 Å². The highest BCUT2D eigenvalue weighted by atomic mass is 16.3. The van der Waals surface area contributed by atoms with Gasteiger partial charge in [0.1, 0.15) is 6.23 Å². The van der Waals surface area contributed by atoms with Gasteiger partial charge in [-0.3, -0.25) is 9.69 Å². The number of rotatable bonds is 5. The van der Waals surface area contributed by atoms with Gasteiger partial charge < -0.3 is 10.4 Å². The first kappa shape index (κ1) is 19.2. The van der Waals surface area contributed by atoms with Crippen LogP contribution in [0.5, 0.6) is 0 Å². The third-order valence-electron chi connectivity index (χ3n) is 6.10. The average Bonchev–Trinajstić information content (AvgIpc) is 2.93. The number of piperidine rings is 1. The molecule has 0 radical (unpaired) electrons. The molecule has 4 nitrogen and oxygen atoms in total. The highest BCUT2D eigenvalue weighted by molar-refractivity contribution is 5.92. The Balaban J connectivity index is 1.64. The maximum atomic E-state index is 11.9. The molecule has 2 aliphatic heterocycles. The minimum absolute atomic E-state index is 0.0183. The summed E-state index contributed by atoms with van der Waals surface area (Å²) in [5.41, 5.74) is 4.52. The number of benzene rings is 2. The Bertz CT molecular complexity index is 800. The van der Waals surface area contributed by atoms with E-state index < -0.39 is 6.23 Å². The van der Waals surface area contributed by atoms with Crippen LogP contribution >= 0.6 is 0 Å². The van der Waals surface area contributed by atoms with Crippen LogP contribution in [0.1, 0.15) is 54.7 Å². The number of fused-ring (bicyclic) bond motifs is 1. The molecule has 0 spiro atoms. The summed E-state index contributed by atoms with van der Waals surface area (Å²) in [5.74, 6) is 0.116. The summed E-state index contributed by atoms with van der Waals surface area (Å²) >= 11 is 0. The Morgan fingerprint density at radius 1 is 0.964 bits per heavy atom. The molecule has 1 saturated heterocycles. The minimum Gasteiger partial charge on any atom is -0.378 e. The maximum Gasteiger partial charge on any atom is 0.224 e. The van der Waals surface area contributed by atoms with Crippen LogP contribution in [0, 0.1) is 0 Å². The first-order valence-electron chi connectivity index (χ1n) is 10.6. The number of amides is 1. The lowest BCUT2D eigenvalue weighted by Gasteiger charge is -2.36. The molecule has 0 unspecified atom stereocenters. The van der Waals surface area contributed by atoms with E-state index in [0.717, 1.165) is 56.4 Å². The van der Waals surface area contributed by atoms with Gasteiger partial charge in [0.25, 0.3) is 0 Å². The molecular weight excluding hydrogens is 348 g/mol. The number of likely N-dealkylation sites (tertiary alicyclic amines) is 1. The van der Waals surface area contributed by atoms with Crippen molar-refractivity contribution in [1.29, 1.82) is 0 Å². The number of aryl methyl sites for hydroxylation is 1. The molecule has 2 N–H and O–H groups in total. The van der Waals surface area contributed by atoms with Crippen molar-refractivity contribution in [2.45, 2.75) is 57.1 Å². The summed E-state index contributed by atoms with van der Waals surface area (Å²) in [7, 11) is 0. The van der Waals surface area contributed by atoms with Crippen LogP contribution in [0.3, 0.4) is 0 Å². The van der Waals surface area contributed by atoms with E-state index in [9.17, 15) is 9.90 Å². The first-order valence-corrected chi connectivity index (χ1v) is 10.6. The van der Waals surface area contributed by atoms with Gasteiger partial charge in [0.15, 0.2) is 0 Å². The van der Waals surface area contributed by atoms with Gasteiger partial charge in [-0.1, -0.05) is 48.9 Å². The Labute approximate surface area is 167 Å². The van der Waals surface area contributed by atoms with Gasteiger partial charge in [0, 0.05) is 31.1 Å². The molecule has 1 fully saturated rings. The Hall–Kier alpha value is -2.17. The zero-order chi connectivity index (χ0) is 19.3. The number of aliphatic hydroxyl groups excluding tert-OH is 1. The topological polar surface area (TPSA) is 52.6 Å². The summed E-state index contributed by atoms with van der Waals surface area (Å²) in [6.45, 7) is 1.93. The highest BCUT2D eigenvalue weighted by Gasteiger charge is 2.29. The van der Waals surface area contributed by atoms with Crippen LogP contribution in [0.2, 0.25) is 0 Å². The summed E-state index contributed by atoms with van der Waals surface area (Å²) in [6, 6.07) is 16.8. The maximum absolute atomic E-state index is 11.9. The number of nitrogens with one attached hydrogen (secondary N) is 1. The molecule has 0 aliphatic carbocycles. The molecule has 2 aromatic rings. The van der Waals surface area contributed by atoms with E-state index in [-0.39, 0.29) is 11.8 Å². The van der Waals surface area contributed by atoms with Crippen LogP contribution in [0.15, 0.2) is 48.5 Å². The van der Waals surface area contributed by atoms with Gasteiger partial charge >= 0.3 is 0 Å². The number of carbonyl (C=O) groups is 1. The molecule has 2 heterocycles. The fraction of sp³-hybridized carbons (Fsp3) is 0.458. The van der Waals surface area contributed by atoms with Gasteiger partial charge in [-0.25, -0.2) is 0 Å². The second-order valence-corrected chi connectivity index (χ2v) is 8.12. The lowest BCUT2D eigenvalue weighted by atomic mass is 9.87. The molecule has 0 aromatic heterocycles. The van der Waals surface area contributed by atoms with Crippen molar-refractivity contribution in [3.05, 3.63) is 65.2 Å². The second kappa shape index (κ2) is 8.89. The number of hydrogen-bond acceptors (Lipinski definition) is 3. The van der Waals surface area contributed by atoms with Crippen molar-refractivity contribution in [3.63, 3.8) is 0 Å². The van der Waals surface area contributed by atoms with E-state index in [1.807, 2.05) is 12.1 Å². The molecule has 4 rings (SSSR count). The minimum atomic E-state index is -0.487. The van der Waals surface area contributed by atoms with Gasteiger partial charge in [-0.05, 0) is 54.9 Å². The van der Waals surface area contributed by atoms with Crippen molar-refractivity contribution in [1.82, 2.24) is 4.90 Å². The normalized spacial score (nSPS) is 20.0. The smallest absolute Gasteiger partial charge is 0.224 e. The molecule has 28 heavy (non-hydrogen) atoms. The third kappa shape index (κ3) is 4.45. The fourth-order valence-corrected chi connectivity index (χ4v) is 4.53. The summed E-state index contributed by atoms with van der Waals surface area (Å²) in [6.07, 6.45) is 6.25. The summed E-state index contributed by atoms with van der Waals surface area (Å²) in [4.78, 5) is 14.1. The Morgan fingerprint density at radius 2 is 1.75 bits per heavy atom. The van der Waals surface area contributed by atoms with Crippen LogP contribution in [0.4, 0.5) is 5.69 Å². The number of hydrogen-bond donors (Lipinski definition) is 2. The number of carbonyl (C=O) groups excluding carboxylic acids is 1. The Morgan fingerprint density at radius 3 is 2.54 bits per heavy atom. The molecule has 2 aliphatic rings. The lowest BCUT2D eigenvalue weighted by molar-refractivity contribution is -0.116. The van der Waals surface area contributed by atoms with E-state index >= 15 is 0 Å². The van der Waals surface area contributed by atoms with Crippen LogP contribution in [-0.2, 0) is 17.6 Å². The van der Waals surface area contributed by atoms with E-state index in [1.54, 1.807) is 0 Å². The van der Waals surface area contributed by atoms with E-state index in [2.05, 4.69) is 46.6 Å². The summed E-state index contributed by atoms with van der Waals surface area (Å²) in [5, 5.41) is 14.3. The standard InChI is InChI=1S/C24H30N2O2/c27-23-11-7-10-20-17-19(12-13-22(20)25-23)21(16-18-8-3-1-4-9-18)24(28)26-14-5-2-6-15-26/h1,3-4,8-9,12-13,17,21,24,28H,2,5-7,10-11,14-16H2,(H,25,27)/t21-,24-/m1/s1. The molecule has 2 atom stereocenters. The molecule has 0 saturated carbocycles. The van der Waals surface area contributed by atoms with Crippen molar-refractivity contribution in [2.75, 3.05) is 18.4 Å². The van der Waals surface area contributed by atoms with Gasteiger partial charge in [-0.15, -0.1) is 0 Å². The molecule has 1 amide bonds. The second-order valence-electron chi connectivity index (χ2n) is 8.12. The van der Waals surface area contributed by atoms with Crippen molar-refractivity contribution in [2.24, 2.45) is 0 Å². The molecular formula is C24H30N2O2. The number of nitrogens with zero attached hydrogens (tertiary/aromatic N) is 1. The first-order chi connectivity index (χ1) is 13.7. The number of aliphatic hydroxyl groups is 1. The van der Waals surface area contributed by atoms with Gasteiger partial charge in [-0.2, -0.15) is 0 Å². The number of anilines is 1. The quantitative estimate of drug-likeness (QED) is 0.824. The molecule has 2 aromatic carbocycles. The SMILES string of the molecule is O=C1CCCc2cc([C@@H](Cc3ccccc3)[C@@H](O)N3CCCCC3)ccc2N1. The predicted molar refractivity (Wildman–Crippen MR) is 112 cm³/mol. The third-order valence-corrected chi connectivity index (χ3v) is 6.10. The zero-order valence-corrected chi connectivity index (χ0v) is 16.4. The van der Waals surface area contributed by atoms with Gasteiger partial charge in [0.2, 0.25) is 5.91 Å². The van der Waals surface area contributed by atoms with Gasteiger partial charge in [0.05, 0.1) is 0 Å². The fourth-order valence-electron chi connectivity index (χ4n) is 4.53.